The normalized spacial score (nSPS) is 10.9. The monoisotopic (exact) mass is 344 g/mol. The van der Waals surface area contributed by atoms with Crippen molar-refractivity contribution in [1.29, 1.82) is 0 Å². The summed E-state index contributed by atoms with van der Waals surface area (Å²) in [6.07, 6.45) is 0. The van der Waals surface area contributed by atoms with Crippen molar-refractivity contribution in [2.24, 2.45) is 0 Å². The van der Waals surface area contributed by atoms with E-state index in [2.05, 4.69) is 36.4 Å². The minimum Gasteiger partial charge on any atom is -0.497 e. The molecule has 0 saturated carbocycles. The van der Waals surface area contributed by atoms with E-state index in [9.17, 15) is 0 Å². The molecule has 130 valence electrons. The van der Waals surface area contributed by atoms with Crippen molar-refractivity contribution < 1.29 is 14.2 Å². The SMILES string of the molecule is COc1ccc2cc(OC)c(-c3ccc4ccccc4c3OC)cc2c1. The lowest BCUT2D eigenvalue weighted by atomic mass is 9.96. The molecule has 3 heteroatoms. The molecule has 0 aliphatic heterocycles. The summed E-state index contributed by atoms with van der Waals surface area (Å²) >= 11 is 0. The van der Waals surface area contributed by atoms with Gasteiger partial charge in [0.05, 0.1) is 21.3 Å². The van der Waals surface area contributed by atoms with Crippen LogP contribution in [-0.2, 0) is 0 Å². The molecule has 4 aromatic carbocycles. The highest BCUT2D eigenvalue weighted by Gasteiger charge is 2.15. The molecule has 0 saturated heterocycles. The molecule has 0 radical (unpaired) electrons. The van der Waals surface area contributed by atoms with Crippen LogP contribution in [0.3, 0.4) is 0 Å². The second kappa shape index (κ2) is 6.60. The molecule has 0 amide bonds. The van der Waals surface area contributed by atoms with E-state index in [4.69, 9.17) is 14.2 Å². The zero-order valence-corrected chi connectivity index (χ0v) is 15.1. The van der Waals surface area contributed by atoms with Gasteiger partial charge in [-0.25, -0.2) is 0 Å². The van der Waals surface area contributed by atoms with Crippen LogP contribution in [0.5, 0.6) is 17.2 Å². The van der Waals surface area contributed by atoms with Crippen LogP contribution in [0.25, 0.3) is 32.7 Å². The van der Waals surface area contributed by atoms with E-state index in [0.29, 0.717) is 0 Å². The molecule has 0 heterocycles. The summed E-state index contributed by atoms with van der Waals surface area (Å²) in [6, 6.07) is 22.6. The van der Waals surface area contributed by atoms with Crippen LogP contribution in [0.2, 0.25) is 0 Å². The molecule has 26 heavy (non-hydrogen) atoms. The van der Waals surface area contributed by atoms with Crippen LogP contribution in [0.1, 0.15) is 0 Å². The average molecular weight is 344 g/mol. The van der Waals surface area contributed by atoms with E-state index in [1.807, 2.05) is 30.3 Å². The van der Waals surface area contributed by atoms with Gasteiger partial charge in [-0.2, -0.15) is 0 Å². The second-order valence-corrected chi connectivity index (χ2v) is 6.13. The Morgan fingerprint density at radius 2 is 1.38 bits per heavy atom. The van der Waals surface area contributed by atoms with Gasteiger partial charge in [-0.1, -0.05) is 36.4 Å². The second-order valence-electron chi connectivity index (χ2n) is 6.13. The van der Waals surface area contributed by atoms with Gasteiger partial charge in [-0.05, 0) is 46.5 Å². The van der Waals surface area contributed by atoms with Crippen molar-refractivity contribution >= 4 is 21.5 Å². The number of hydrogen-bond donors (Lipinski definition) is 0. The number of benzene rings is 4. The van der Waals surface area contributed by atoms with E-state index in [-0.39, 0.29) is 0 Å². The highest BCUT2D eigenvalue weighted by molar-refractivity contribution is 5.99. The summed E-state index contributed by atoms with van der Waals surface area (Å²) in [5.41, 5.74) is 2.00. The van der Waals surface area contributed by atoms with E-state index < -0.39 is 0 Å². The van der Waals surface area contributed by atoms with E-state index in [1.54, 1.807) is 21.3 Å². The first kappa shape index (κ1) is 16.3. The molecule has 0 fully saturated rings. The summed E-state index contributed by atoms with van der Waals surface area (Å²) in [6.45, 7) is 0. The molecule has 0 spiro atoms. The van der Waals surface area contributed by atoms with Crippen molar-refractivity contribution in [1.82, 2.24) is 0 Å². The third kappa shape index (κ3) is 2.62. The smallest absolute Gasteiger partial charge is 0.134 e. The van der Waals surface area contributed by atoms with Crippen molar-refractivity contribution in [3.8, 4) is 28.4 Å². The van der Waals surface area contributed by atoms with Gasteiger partial charge in [-0.3, -0.25) is 0 Å². The first-order valence-corrected chi connectivity index (χ1v) is 8.47. The van der Waals surface area contributed by atoms with E-state index in [1.165, 1.54) is 0 Å². The van der Waals surface area contributed by atoms with Gasteiger partial charge in [0.1, 0.15) is 17.2 Å². The molecular weight excluding hydrogens is 324 g/mol. The first-order chi connectivity index (χ1) is 12.7. The van der Waals surface area contributed by atoms with Gasteiger partial charge in [0.2, 0.25) is 0 Å². The number of methoxy groups -OCH3 is 3. The Morgan fingerprint density at radius 3 is 2.15 bits per heavy atom. The molecule has 0 N–H and O–H groups in total. The predicted molar refractivity (Wildman–Crippen MR) is 107 cm³/mol. The molecule has 0 bridgehead atoms. The molecule has 0 atom stereocenters. The molecule has 0 unspecified atom stereocenters. The third-order valence-electron chi connectivity index (χ3n) is 4.74. The molecule has 4 aromatic rings. The van der Waals surface area contributed by atoms with Crippen LogP contribution in [-0.4, -0.2) is 21.3 Å². The Labute approximate surface area is 152 Å². The summed E-state index contributed by atoms with van der Waals surface area (Å²) in [5, 5.41) is 4.43. The highest BCUT2D eigenvalue weighted by atomic mass is 16.5. The summed E-state index contributed by atoms with van der Waals surface area (Å²) in [5.74, 6) is 2.50. The maximum Gasteiger partial charge on any atom is 0.134 e. The molecular formula is C23H20O3. The molecule has 0 aromatic heterocycles. The first-order valence-electron chi connectivity index (χ1n) is 8.47. The van der Waals surface area contributed by atoms with Crippen molar-refractivity contribution in [2.75, 3.05) is 21.3 Å². The van der Waals surface area contributed by atoms with Gasteiger partial charge in [-0.15, -0.1) is 0 Å². The lowest BCUT2D eigenvalue weighted by molar-refractivity contribution is 0.412. The van der Waals surface area contributed by atoms with Crippen LogP contribution in [0, 0.1) is 0 Å². The fourth-order valence-corrected chi connectivity index (χ4v) is 3.44. The molecule has 3 nitrogen and oxygen atoms in total. The number of ether oxygens (including phenoxy) is 3. The van der Waals surface area contributed by atoms with Gasteiger partial charge in [0.15, 0.2) is 0 Å². The molecule has 0 aliphatic carbocycles. The average Bonchev–Trinajstić information content (AvgIpc) is 2.71. The van der Waals surface area contributed by atoms with Crippen LogP contribution in [0.15, 0.2) is 66.7 Å². The fourth-order valence-electron chi connectivity index (χ4n) is 3.44. The Hall–Kier alpha value is -3.20. The highest BCUT2D eigenvalue weighted by Crippen LogP contribution is 2.42. The topological polar surface area (TPSA) is 27.7 Å². The van der Waals surface area contributed by atoms with Crippen LogP contribution >= 0.6 is 0 Å². The molecule has 4 rings (SSSR count). The van der Waals surface area contributed by atoms with Crippen LogP contribution < -0.4 is 14.2 Å². The van der Waals surface area contributed by atoms with E-state index in [0.717, 1.165) is 49.9 Å². The maximum atomic E-state index is 5.79. The van der Waals surface area contributed by atoms with Crippen molar-refractivity contribution in [3.63, 3.8) is 0 Å². The minimum atomic E-state index is 0.816. The Balaban J connectivity index is 2.02. The largest absolute Gasteiger partial charge is 0.497 e. The van der Waals surface area contributed by atoms with Crippen molar-refractivity contribution in [2.45, 2.75) is 0 Å². The number of fused-ring (bicyclic) bond motifs is 2. The summed E-state index contributed by atoms with van der Waals surface area (Å²) < 4.78 is 16.8. The zero-order valence-electron chi connectivity index (χ0n) is 15.1. The standard InChI is InChI=1S/C23H20O3/c1-24-18-10-8-16-14-22(25-2)21(13-17(16)12-18)20-11-9-15-6-4-5-7-19(15)23(20)26-3/h4-14H,1-3H3. The number of hydrogen-bond acceptors (Lipinski definition) is 3. The molecule has 0 aliphatic rings. The minimum absolute atomic E-state index is 0.816. The maximum absolute atomic E-state index is 5.79. The lowest BCUT2D eigenvalue weighted by Crippen LogP contribution is -1.94. The fraction of sp³-hybridized carbons (Fsp3) is 0.130. The quantitative estimate of drug-likeness (QED) is 0.476. The number of rotatable bonds is 4. The van der Waals surface area contributed by atoms with Gasteiger partial charge in [0.25, 0.3) is 0 Å². The van der Waals surface area contributed by atoms with Gasteiger partial charge < -0.3 is 14.2 Å². The zero-order chi connectivity index (χ0) is 18.1. The van der Waals surface area contributed by atoms with Crippen LogP contribution in [0.4, 0.5) is 0 Å². The Morgan fingerprint density at radius 1 is 0.577 bits per heavy atom. The van der Waals surface area contributed by atoms with E-state index >= 15 is 0 Å². The third-order valence-corrected chi connectivity index (χ3v) is 4.74. The van der Waals surface area contributed by atoms with Crippen molar-refractivity contribution in [3.05, 3.63) is 66.7 Å². The predicted octanol–water partition coefficient (Wildman–Crippen LogP) is 5.69. The Bertz CT molecular complexity index is 1100. The summed E-state index contributed by atoms with van der Waals surface area (Å²) in [4.78, 5) is 0. The van der Waals surface area contributed by atoms with Gasteiger partial charge >= 0.3 is 0 Å². The van der Waals surface area contributed by atoms with Gasteiger partial charge in [0, 0.05) is 16.5 Å². The Kier molecular flexibility index (Phi) is 4.13. The summed E-state index contributed by atoms with van der Waals surface area (Å²) in [7, 11) is 5.08. The lowest BCUT2D eigenvalue weighted by Gasteiger charge is -2.16.